The summed E-state index contributed by atoms with van der Waals surface area (Å²) in [5.41, 5.74) is 5.91. The lowest BCUT2D eigenvalue weighted by molar-refractivity contribution is 0.693. The van der Waals surface area contributed by atoms with Crippen LogP contribution in [0.3, 0.4) is 0 Å². The molecule has 4 rings (SSSR count). The van der Waals surface area contributed by atoms with Gasteiger partial charge in [-0.25, -0.2) is 4.79 Å². The third-order valence-corrected chi connectivity index (χ3v) is 4.71. The lowest BCUT2D eigenvalue weighted by Gasteiger charge is -2.07. The Balaban J connectivity index is 1.67. The number of tetrazole rings is 1. The van der Waals surface area contributed by atoms with Crippen LogP contribution < -0.4 is 5.69 Å². The van der Waals surface area contributed by atoms with Gasteiger partial charge in [-0.2, -0.15) is 9.36 Å². The first kappa shape index (κ1) is 17.7. The SMILES string of the molecule is Cc1cccc(-n2nnn(C)c2=O)c1/C=C/c1ccc(-c2ccccc2)cc1. The van der Waals surface area contributed by atoms with E-state index in [2.05, 4.69) is 46.8 Å². The first-order valence-corrected chi connectivity index (χ1v) is 9.06. The maximum absolute atomic E-state index is 12.3. The van der Waals surface area contributed by atoms with Gasteiger partial charge in [-0.15, -0.1) is 0 Å². The highest BCUT2D eigenvalue weighted by Gasteiger charge is 2.11. The molecule has 0 N–H and O–H groups in total. The maximum Gasteiger partial charge on any atom is 0.368 e. The fourth-order valence-electron chi connectivity index (χ4n) is 3.13. The Labute approximate surface area is 163 Å². The smallest absolute Gasteiger partial charge is 0.244 e. The van der Waals surface area contributed by atoms with E-state index in [9.17, 15) is 4.79 Å². The second-order valence-corrected chi connectivity index (χ2v) is 6.63. The number of aromatic nitrogens is 4. The van der Waals surface area contributed by atoms with Crippen molar-refractivity contribution in [3.8, 4) is 16.8 Å². The van der Waals surface area contributed by atoms with Crippen LogP contribution in [0.15, 0.2) is 77.6 Å². The van der Waals surface area contributed by atoms with Gasteiger partial charge in [-0.05, 0) is 45.7 Å². The molecule has 0 saturated carbocycles. The summed E-state index contributed by atoms with van der Waals surface area (Å²) in [6, 6.07) is 24.5. The van der Waals surface area contributed by atoms with Crippen LogP contribution in [0.5, 0.6) is 0 Å². The summed E-state index contributed by atoms with van der Waals surface area (Å²) >= 11 is 0. The number of hydrogen-bond donors (Lipinski definition) is 0. The molecule has 0 aliphatic carbocycles. The summed E-state index contributed by atoms with van der Waals surface area (Å²) in [6.45, 7) is 2.02. The largest absolute Gasteiger partial charge is 0.368 e. The van der Waals surface area contributed by atoms with Crippen molar-refractivity contribution >= 4 is 12.2 Å². The topological polar surface area (TPSA) is 52.7 Å². The molecule has 138 valence electrons. The highest BCUT2D eigenvalue weighted by atomic mass is 16.2. The molecule has 4 aromatic rings. The summed E-state index contributed by atoms with van der Waals surface area (Å²) in [4.78, 5) is 12.3. The van der Waals surface area contributed by atoms with E-state index in [-0.39, 0.29) is 5.69 Å². The normalized spacial score (nSPS) is 11.2. The van der Waals surface area contributed by atoms with Crippen molar-refractivity contribution in [3.63, 3.8) is 0 Å². The molecule has 0 atom stereocenters. The number of rotatable bonds is 4. The molecular formula is C23H20N4O. The Morgan fingerprint density at radius 1 is 0.786 bits per heavy atom. The van der Waals surface area contributed by atoms with Crippen molar-refractivity contribution in [2.24, 2.45) is 7.05 Å². The van der Waals surface area contributed by atoms with E-state index in [0.29, 0.717) is 0 Å². The predicted octanol–water partition coefficient (Wildman–Crippen LogP) is 4.11. The molecule has 5 heteroatoms. The van der Waals surface area contributed by atoms with E-state index in [1.54, 1.807) is 7.05 Å². The summed E-state index contributed by atoms with van der Waals surface area (Å²) in [7, 11) is 1.59. The Kier molecular flexibility index (Phi) is 4.72. The van der Waals surface area contributed by atoms with Gasteiger partial charge in [0, 0.05) is 12.6 Å². The standard InChI is InChI=1S/C23H20N4O/c1-17-7-6-10-22(27-23(28)26(2)24-25-27)21(17)16-13-18-11-14-20(15-12-18)19-8-4-3-5-9-19/h3-16H,1-2H3/b16-13+. The van der Waals surface area contributed by atoms with E-state index in [4.69, 9.17) is 0 Å². The lowest BCUT2D eigenvalue weighted by Crippen LogP contribution is -2.22. The number of benzene rings is 3. The third kappa shape index (κ3) is 3.42. The first-order chi connectivity index (χ1) is 13.6. The van der Waals surface area contributed by atoms with Crippen molar-refractivity contribution < 1.29 is 0 Å². The molecular weight excluding hydrogens is 348 g/mol. The molecule has 1 aromatic heterocycles. The predicted molar refractivity (Wildman–Crippen MR) is 112 cm³/mol. The van der Waals surface area contributed by atoms with Gasteiger partial charge in [0.1, 0.15) is 0 Å². The number of hydrogen-bond acceptors (Lipinski definition) is 3. The zero-order valence-electron chi connectivity index (χ0n) is 15.8. The van der Waals surface area contributed by atoms with Crippen LogP contribution in [-0.4, -0.2) is 19.8 Å². The fraction of sp³-hybridized carbons (Fsp3) is 0.0870. The van der Waals surface area contributed by atoms with Crippen molar-refractivity contribution in [2.75, 3.05) is 0 Å². The minimum atomic E-state index is -0.271. The second-order valence-electron chi connectivity index (χ2n) is 6.63. The van der Waals surface area contributed by atoms with Crippen LogP contribution in [0.1, 0.15) is 16.7 Å². The van der Waals surface area contributed by atoms with Gasteiger partial charge in [0.25, 0.3) is 0 Å². The second kappa shape index (κ2) is 7.48. The summed E-state index contributed by atoms with van der Waals surface area (Å²) < 4.78 is 2.54. The van der Waals surface area contributed by atoms with Crippen molar-refractivity contribution in [1.82, 2.24) is 19.8 Å². The fourth-order valence-corrected chi connectivity index (χ4v) is 3.13. The molecule has 0 aliphatic rings. The monoisotopic (exact) mass is 368 g/mol. The van der Waals surface area contributed by atoms with Gasteiger partial charge in [0.2, 0.25) is 0 Å². The zero-order valence-corrected chi connectivity index (χ0v) is 15.8. The molecule has 0 aliphatic heterocycles. The van der Waals surface area contributed by atoms with Crippen LogP contribution in [0.25, 0.3) is 29.0 Å². The minimum Gasteiger partial charge on any atom is -0.244 e. The van der Waals surface area contributed by atoms with E-state index < -0.39 is 0 Å². The average molecular weight is 368 g/mol. The Bertz CT molecular complexity index is 1190. The van der Waals surface area contributed by atoms with Gasteiger partial charge in [-0.3, -0.25) is 0 Å². The molecule has 0 radical (unpaired) electrons. The van der Waals surface area contributed by atoms with E-state index in [1.807, 2.05) is 55.5 Å². The molecule has 3 aromatic carbocycles. The molecule has 0 spiro atoms. The molecule has 1 heterocycles. The third-order valence-electron chi connectivity index (χ3n) is 4.71. The summed E-state index contributed by atoms with van der Waals surface area (Å²) in [5.74, 6) is 0. The zero-order chi connectivity index (χ0) is 19.5. The molecule has 5 nitrogen and oxygen atoms in total. The van der Waals surface area contributed by atoms with Crippen LogP contribution >= 0.6 is 0 Å². The van der Waals surface area contributed by atoms with Crippen LogP contribution in [0.2, 0.25) is 0 Å². The van der Waals surface area contributed by atoms with Crippen LogP contribution in [0.4, 0.5) is 0 Å². The summed E-state index contributed by atoms with van der Waals surface area (Å²) in [6.07, 6.45) is 4.06. The molecule has 28 heavy (non-hydrogen) atoms. The molecule has 0 bridgehead atoms. The Morgan fingerprint density at radius 3 is 2.18 bits per heavy atom. The molecule has 0 unspecified atom stereocenters. The van der Waals surface area contributed by atoms with E-state index in [1.165, 1.54) is 20.5 Å². The van der Waals surface area contributed by atoms with Gasteiger partial charge < -0.3 is 0 Å². The average Bonchev–Trinajstić information content (AvgIpc) is 3.06. The van der Waals surface area contributed by atoms with Crippen molar-refractivity contribution in [2.45, 2.75) is 6.92 Å². The Hall–Kier alpha value is -3.73. The maximum atomic E-state index is 12.3. The van der Waals surface area contributed by atoms with E-state index in [0.717, 1.165) is 22.4 Å². The quantitative estimate of drug-likeness (QED) is 0.509. The highest BCUT2D eigenvalue weighted by molar-refractivity contribution is 5.76. The van der Waals surface area contributed by atoms with Crippen LogP contribution in [0, 0.1) is 6.92 Å². The van der Waals surface area contributed by atoms with Gasteiger partial charge in [-0.1, -0.05) is 78.9 Å². The summed E-state index contributed by atoms with van der Waals surface area (Å²) in [5, 5.41) is 7.78. The molecule has 0 fully saturated rings. The van der Waals surface area contributed by atoms with Crippen LogP contribution in [-0.2, 0) is 7.05 Å². The van der Waals surface area contributed by atoms with Crippen molar-refractivity contribution in [1.29, 1.82) is 0 Å². The van der Waals surface area contributed by atoms with Crippen molar-refractivity contribution in [3.05, 3.63) is 100.0 Å². The molecule has 0 amide bonds. The highest BCUT2D eigenvalue weighted by Crippen LogP contribution is 2.22. The van der Waals surface area contributed by atoms with E-state index >= 15 is 0 Å². The number of aryl methyl sites for hydroxylation is 2. The first-order valence-electron chi connectivity index (χ1n) is 9.06. The van der Waals surface area contributed by atoms with Gasteiger partial charge >= 0.3 is 5.69 Å². The molecule has 0 saturated heterocycles. The van der Waals surface area contributed by atoms with Gasteiger partial charge in [0.15, 0.2) is 0 Å². The lowest BCUT2D eigenvalue weighted by atomic mass is 10.0. The van der Waals surface area contributed by atoms with Gasteiger partial charge in [0.05, 0.1) is 5.69 Å². The minimum absolute atomic E-state index is 0.271. The number of nitrogens with zero attached hydrogens (tertiary/aromatic N) is 4. The Morgan fingerprint density at radius 2 is 1.50 bits per heavy atom.